The zero-order valence-electron chi connectivity index (χ0n) is 10.0. The first-order valence-corrected chi connectivity index (χ1v) is 6.13. The minimum atomic E-state index is -0.0708. The fraction of sp³-hybridized carbons (Fsp3) is 0.545. The number of hydrogen-bond acceptors (Lipinski definition) is 5. The summed E-state index contributed by atoms with van der Waals surface area (Å²) in [5.41, 5.74) is 0. The number of carbonyl (C=O) groups is 1. The van der Waals surface area contributed by atoms with Crippen LogP contribution in [0.15, 0.2) is 12.4 Å². The highest BCUT2D eigenvalue weighted by Crippen LogP contribution is 2.18. The summed E-state index contributed by atoms with van der Waals surface area (Å²) in [5.74, 6) is 0.740. The van der Waals surface area contributed by atoms with Gasteiger partial charge in [-0.15, -0.1) is 11.6 Å². The van der Waals surface area contributed by atoms with Gasteiger partial charge < -0.3 is 14.4 Å². The monoisotopic (exact) mass is 271 g/mol. The molecule has 7 heteroatoms. The SMILES string of the molecule is COc1cncc(OC2CCN(C(=O)CCl)C2)n1. The molecule has 2 rings (SSSR count). The van der Waals surface area contributed by atoms with Crippen LogP contribution in [-0.2, 0) is 4.79 Å². The summed E-state index contributed by atoms with van der Waals surface area (Å²) >= 11 is 5.51. The van der Waals surface area contributed by atoms with Crippen LogP contribution in [0, 0.1) is 0 Å². The van der Waals surface area contributed by atoms with Crippen LogP contribution in [0.3, 0.4) is 0 Å². The molecule has 1 aromatic heterocycles. The molecule has 1 fully saturated rings. The van der Waals surface area contributed by atoms with Gasteiger partial charge in [0.1, 0.15) is 12.0 Å². The molecular weight excluding hydrogens is 258 g/mol. The van der Waals surface area contributed by atoms with Gasteiger partial charge in [0.15, 0.2) is 0 Å². The van der Waals surface area contributed by atoms with Crippen molar-refractivity contribution in [2.24, 2.45) is 0 Å². The lowest BCUT2D eigenvalue weighted by Crippen LogP contribution is -2.31. The fourth-order valence-electron chi connectivity index (χ4n) is 1.79. The molecule has 0 bridgehead atoms. The average molecular weight is 272 g/mol. The van der Waals surface area contributed by atoms with E-state index in [-0.39, 0.29) is 17.9 Å². The summed E-state index contributed by atoms with van der Waals surface area (Å²) in [5, 5.41) is 0. The lowest BCUT2D eigenvalue weighted by Gasteiger charge is -2.15. The van der Waals surface area contributed by atoms with E-state index in [1.54, 1.807) is 4.90 Å². The normalized spacial score (nSPS) is 18.8. The highest BCUT2D eigenvalue weighted by molar-refractivity contribution is 6.27. The number of ether oxygens (including phenoxy) is 2. The highest BCUT2D eigenvalue weighted by Gasteiger charge is 2.27. The number of rotatable bonds is 4. The van der Waals surface area contributed by atoms with Crippen molar-refractivity contribution >= 4 is 17.5 Å². The largest absolute Gasteiger partial charge is 0.480 e. The predicted molar refractivity (Wildman–Crippen MR) is 64.9 cm³/mol. The van der Waals surface area contributed by atoms with E-state index in [0.717, 1.165) is 6.42 Å². The summed E-state index contributed by atoms with van der Waals surface area (Å²) in [6.07, 6.45) is 3.72. The van der Waals surface area contributed by atoms with Gasteiger partial charge in [-0.3, -0.25) is 9.78 Å². The Hall–Kier alpha value is -1.56. The van der Waals surface area contributed by atoms with Gasteiger partial charge in [-0.25, -0.2) is 0 Å². The van der Waals surface area contributed by atoms with Crippen LogP contribution in [0.5, 0.6) is 11.8 Å². The molecule has 6 nitrogen and oxygen atoms in total. The van der Waals surface area contributed by atoms with Gasteiger partial charge in [0.25, 0.3) is 0 Å². The quantitative estimate of drug-likeness (QED) is 0.755. The van der Waals surface area contributed by atoms with Crippen molar-refractivity contribution in [1.82, 2.24) is 14.9 Å². The van der Waals surface area contributed by atoms with Gasteiger partial charge in [-0.05, 0) is 0 Å². The summed E-state index contributed by atoms with van der Waals surface area (Å²) in [7, 11) is 1.52. The van der Waals surface area contributed by atoms with E-state index in [0.29, 0.717) is 24.8 Å². The maximum atomic E-state index is 11.4. The van der Waals surface area contributed by atoms with E-state index < -0.39 is 0 Å². The predicted octanol–water partition coefficient (Wildman–Crippen LogP) is 0.704. The zero-order valence-corrected chi connectivity index (χ0v) is 10.8. The molecule has 0 saturated carbocycles. The van der Waals surface area contributed by atoms with Gasteiger partial charge >= 0.3 is 0 Å². The summed E-state index contributed by atoms with van der Waals surface area (Å²) in [6, 6.07) is 0. The van der Waals surface area contributed by atoms with Crippen molar-refractivity contribution in [1.29, 1.82) is 0 Å². The highest BCUT2D eigenvalue weighted by atomic mass is 35.5. The molecule has 0 spiro atoms. The smallest absolute Gasteiger partial charge is 0.237 e. The molecule has 0 aromatic carbocycles. The third-order valence-electron chi connectivity index (χ3n) is 2.70. The minimum Gasteiger partial charge on any atom is -0.480 e. The van der Waals surface area contributed by atoms with Crippen LogP contribution in [0.1, 0.15) is 6.42 Å². The van der Waals surface area contributed by atoms with Crippen LogP contribution in [-0.4, -0.2) is 53.0 Å². The van der Waals surface area contributed by atoms with E-state index in [4.69, 9.17) is 21.1 Å². The Labute approximate surface area is 110 Å². The average Bonchev–Trinajstić information content (AvgIpc) is 2.86. The second-order valence-corrected chi connectivity index (χ2v) is 4.17. The standard InChI is InChI=1S/C11H14ClN3O3/c1-17-9-5-13-6-10(14-9)18-8-2-3-15(7-8)11(16)4-12/h5-6,8H,2-4,7H2,1H3. The molecule has 1 aromatic rings. The molecule has 1 amide bonds. The number of amides is 1. The number of likely N-dealkylation sites (tertiary alicyclic amines) is 1. The van der Waals surface area contributed by atoms with Crippen LogP contribution in [0.25, 0.3) is 0 Å². The second kappa shape index (κ2) is 5.86. The molecule has 2 heterocycles. The molecule has 1 unspecified atom stereocenters. The van der Waals surface area contributed by atoms with Crippen LogP contribution in [0.4, 0.5) is 0 Å². The molecule has 0 radical (unpaired) electrons. The van der Waals surface area contributed by atoms with E-state index >= 15 is 0 Å². The summed E-state index contributed by atoms with van der Waals surface area (Å²) in [6.45, 7) is 1.19. The maximum absolute atomic E-state index is 11.4. The molecule has 1 saturated heterocycles. The molecule has 1 aliphatic rings. The third-order valence-corrected chi connectivity index (χ3v) is 2.93. The molecule has 18 heavy (non-hydrogen) atoms. The van der Waals surface area contributed by atoms with E-state index in [1.807, 2.05) is 0 Å². The first-order chi connectivity index (χ1) is 8.72. The first-order valence-electron chi connectivity index (χ1n) is 5.59. The van der Waals surface area contributed by atoms with Crippen molar-refractivity contribution in [3.05, 3.63) is 12.4 Å². The van der Waals surface area contributed by atoms with Gasteiger partial charge in [-0.1, -0.05) is 0 Å². The van der Waals surface area contributed by atoms with Crippen molar-refractivity contribution in [3.8, 4) is 11.8 Å². The first kappa shape index (κ1) is 12.9. The maximum Gasteiger partial charge on any atom is 0.237 e. The second-order valence-electron chi connectivity index (χ2n) is 3.90. The fourth-order valence-corrected chi connectivity index (χ4v) is 1.96. The van der Waals surface area contributed by atoms with Gasteiger partial charge in [-0.2, -0.15) is 4.98 Å². The minimum absolute atomic E-state index is 0.00564. The van der Waals surface area contributed by atoms with E-state index in [2.05, 4.69) is 9.97 Å². The topological polar surface area (TPSA) is 64.6 Å². The van der Waals surface area contributed by atoms with Gasteiger partial charge in [0, 0.05) is 13.0 Å². The van der Waals surface area contributed by atoms with Crippen molar-refractivity contribution in [2.75, 3.05) is 26.1 Å². The van der Waals surface area contributed by atoms with Crippen LogP contribution in [0.2, 0.25) is 0 Å². The Bertz CT molecular complexity index is 430. The molecule has 98 valence electrons. The van der Waals surface area contributed by atoms with Crippen molar-refractivity contribution in [2.45, 2.75) is 12.5 Å². The Balaban J connectivity index is 1.92. The van der Waals surface area contributed by atoms with Crippen LogP contribution >= 0.6 is 11.6 Å². The Kier molecular flexibility index (Phi) is 4.19. The number of hydrogen-bond donors (Lipinski definition) is 0. The molecule has 1 atom stereocenters. The Morgan fingerprint density at radius 2 is 2.33 bits per heavy atom. The van der Waals surface area contributed by atoms with Crippen molar-refractivity contribution in [3.63, 3.8) is 0 Å². The zero-order chi connectivity index (χ0) is 13.0. The number of aromatic nitrogens is 2. The van der Waals surface area contributed by atoms with Crippen LogP contribution < -0.4 is 9.47 Å². The molecule has 0 N–H and O–H groups in total. The molecule has 1 aliphatic heterocycles. The molecular formula is C11H14ClN3O3. The number of nitrogens with zero attached hydrogens (tertiary/aromatic N) is 3. The van der Waals surface area contributed by atoms with Gasteiger partial charge in [0.2, 0.25) is 17.7 Å². The Morgan fingerprint density at radius 1 is 1.56 bits per heavy atom. The summed E-state index contributed by atoms with van der Waals surface area (Å²) < 4.78 is 10.6. The lowest BCUT2D eigenvalue weighted by molar-refractivity contribution is -0.127. The van der Waals surface area contributed by atoms with Crippen molar-refractivity contribution < 1.29 is 14.3 Å². The summed E-state index contributed by atoms with van der Waals surface area (Å²) in [4.78, 5) is 21.2. The Morgan fingerprint density at radius 3 is 3.06 bits per heavy atom. The lowest BCUT2D eigenvalue weighted by atomic mass is 10.3. The number of alkyl halides is 1. The number of halogens is 1. The van der Waals surface area contributed by atoms with Gasteiger partial charge in [0.05, 0.1) is 26.0 Å². The van der Waals surface area contributed by atoms with E-state index in [9.17, 15) is 4.79 Å². The van der Waals surface area contributed by atoms with E-state index in [1.165, 1.54) is 19.5 Å². The molecule has 0 aliphatic carbocycles. The third kappa shape index (κ3) is 3.01. The number of methoxy groups -OCH3 is 1. The number of carbonyl (C=O) groups excluding carboxylic acids is 1.